The van der Waals surface area contributed by atoms with Gasteiger partial charge in [-0.25, -0.2) is 0 Å². The third-order valence-electron chi connectivity index (χ3n) is 4.62. The Hall–Kier alpha value is -1.16. The topological polar surface area (TPSA) is 38.1 Å². The van der Waals surface area contributed by atoms with Crippen LogP contribution in [0, 0.1) is 5.92 Å². The highest BCUT2D eigenvalue weighted by Crippen LogP contribution is 2.20. The summed E-state index contributed by atoms with van der Waals surface area (Å²) in [4.78, 5) is 13.5. The summed E-state index contributed by atoms with van der Waals surface area (Å²) in [5.41, 5.74) is 1.33. The number of carbonyl (C=O) groups excluding carboxylic acids is 1. The SMILES string of the molecule is CC(=O)CCCCN1CCCC(Cn2cc(C(C)C)cn2)C1. The number of nitrogens with zero attached hydrogens (tertiary/aromatic N) is 3. The Morgan fingerprint density at radius 2 is 2.23 bits per heavy atom. The molecule has 0 N–H and O–H groups in total. The number of ketones is 1. The van der Waals surface area contributed by atoms with Crippen molar-refractivity contribution in [2.45, 2.75) is 65.3 Å². The van der Waals surface area contributed by atoms with Gasteiger partial charge >= 0.3 is 0 Å². The molecular formula is C18H31N3O. The van der Waals surface area contributed by atoms with E-state index in [-0.39, 0.29) is 0 Å². The fourth-order valence-corrected chi connectivity index (χ4v) is 3.25. The van der Waals surface area contributed by atoms with Gasteiger partial charge in [0, 0.05) is 25.7 Å². The lowest BCUT2D eigenvalue weighted by molar-refractivity contribution is -0.117. The number of hydrogen-bond acceptors (Lipinski definition) is 3. The van der Waals surface area contributed by atoms with Gasteiger partial charge in [0.25, 0.3) is 0 Å². The molecule has 22 heavy (non-hydrogen) atoms. The van der Waals surface area contributed by atoms with E-state index in [9.17, 15) is 4.79 Å². The zero-order valence-electron chi connectivity index (χ0n) is 14.4. The van der Waals surface area contributed by atoms with Crippen LogP contribution >= 0.6 is 0 Å². The standard InChI is InChI=1S/C18H31N3O/c1-15(2)18-11-19-21(14-18)13-17-8-6-10-20(12-17)9-5-4-7-16(3)22/h11,14-15,17H,4-10,12-13H2,1-3H3. The average molecular weight is 305 g/mol. The van der Waals surface area contributed by atoms with E-state index in [1.165, 1.54) is 31.5 Å². The molecule has 4 heteroatoms. The predicted octanol–water partition coefficient (Wildman–Crippen LogP) is 3.48. The van der Waals surface area contributed by atoms with E-state index in [2.05, 4.69) is 34.7 Å². The van der Waals surface area contributed by atoms with Gasteiger partial charge in [0.2, 0.25) is 0 Å². The second-order valence-electron chi connectivity index (χ2n) is 7.12. The van der Waals surface area contributed by atoms with E-state index in [1.807, 2.05) is 6.20 Å². The summed E-state index contributed by atoms with van der Waals surface area (Å²) in [6.45, 7) is 10.7. The Morgan fingerprint density at radius 3 is 2.91 bits per heavy atom. The van der Waals surface area contributed by atoms with Crippen molar-refractivity contribution in [3.63, 3.8) is 0 Å². The molecule has 0 saturated carbocycles. The highest BCUT2D eigenvalue weighted by molar-refractivity contribution is 5.75. The lowest BCUT2D eigenvalue weighted by Gasteiger charge is -2.32. The van der Waals surface area contributed by atoms with Gasteiger partial charge < -0.3 is 9.69 Å². The fourth-order valence-electron chi connectivity index (χ4n) is 3.25. The first-order valence-corrected chi connectivity index (χ1v) is 8.78. The molecular weight excluding hydrogens is 274 g/mol. The second-order valence-corrected chi connectivity index (χ2v) is 7.12. The van der Waals surface area contributed by atoms with Gasteiger partial charge in [0.1, 0.15) is 5.78 Å². The van der Waals surface area contributed by atoms with Crippen molar-refractivity contribution < 1.29 is 4.79 Å². The number of unbranched alkanes of at least 4 members (excludes halogenated alkanes) is 1. The van der Waals surface area contributed by atoms with Crippen molar-refractivity contribution in [3.05, 3.63) is 18.0 Å². The Morgan fingerprint density at radius 1 is 1.41 bits per heavy atom. The minimum atomic E-state index is 0.316. The third kappa shape index (κ3) is 5.56. The van der Waals surface area contributed by atoms with Crippen molar-refractivity contribution >= 4 is 5.78 Å². The van der Waals surface area contributed by atoms with E-state index in [4.69, 9.17) is 0 Å². The van der Waals surface area contributed by atoms with Crippen LogP contribution < -0.4 is 0 Å². The van der Waals surface area contributed by atoms with Gasteiger partial charge in [0.05, 0.1) is 6.20 Å². The van der Waals surface area contributed by atoms with Crippen LogP contribution in [0.2, 0.25) is 0 Å². The van der Waals surface area contributed by atoms with Gasteiger partial charge in [-0.3, -0.25) is 4.68 Å². The van der Waals surface area contributed by atoms with Gasteiger partial charge in [-0.05, 0) is 63.1 Å². The minimum absolute atomic E-state index is 0.316. The molecule has 0 spiro atoms. The maximum atomic E-state index is 11.0. The second kappa shape index (κ2) is 8.47. The molecule has 0 radical (unpaired) electrons. The molecule has 1 aliphatic heterocycles. The molecule has 0 bridgehead atoms. The maximum Gasteiger partial charge on any atom is 0.129 e. The van der Waals surface area contributed by atoms with Gasteiger partial charge in [-0.2, -0.15) is 5.10 Å². The maximum absolute atomic E-state index is 11.0. The number of carbonyl (C=O) groups is 1. The van der Waals surface area contributed by atoms with Crippen LogP contribution in [0.5, 0.6) is 0 Å². The van der Waals surface area contributed by atoms with Crippen molar-refractivity contribution in [1.82, 2.24) is 14.7 Å². The van der Waals surface area contributed by atoms with Gasteiger partial charge in [-0.15, -0.1) is 0 Å². The van der Waals surface area contributed by atoms with Crippen molar-refractivity contribution in [2.75, 3.05) is 19.6 Å². The van der Waals surface area contributed by atoms with Crippen LogP contribution in [-0.4, -0.2) is 40.1 Å². The summed E-state index contributed by atoms with van der Waals surface area (Å²) in [5.74, 6) is 1.58. The Labute approximate surface area is 134 Å². The Balaban J connectivity index is 1.74. The molecule has 2 heterocycles. The highest BCUT2D eigenvalue weighted by Gasteiger charge is 2.20. The van der Waals surface area contributed by atoms with Crippen LogP contribution in [0.3, 0.4) is 0 Å². The van der Waals surface area contributed by atoms with E-state index >= 15 is 0 Å². The molecule has 0 aliphatic carbocycles. The molecule has 1 aliphatic rings. The smallest absolute Gasteiger partial charge is 0.129 e. The first-order valence-electron chi connectivity index (χ1n) is 8.78. The fraction of sp³-hybridized carbons (Fsp3) is 0.778. The van der Waals surface area contributed by atoms with Crippen LogP contribution in [0.4, 0.5) is 0 Å². The van der Waals surface area contributed by atoms with Gasteiger partial charge in [-0.1, -0.05) is 13.8 Å². The van der Waals surface area contributed by atoms with E-state index in [0.717, 1.165) is 32.4 Å². The van der Waals surface area contributed by atoms with E-state index in [0.29, 0.717) is 17.6 Å². The molecule has 2 rings (SSSR count). The number of likely N-dealkylation sites (tertiary alicyclic amines) is 1. The van der Waals surface area contributed by atoms with Crippen molar-refractivity contribution in [3.8, 4) is 0 Å². The quantitative estimate of drug-likeness (QED) is 0.690. The number of rotatable bonds is 8. The summed E-state index contributed by atoms with van der Waals surface area (Å²) in [6.07, 6.45) is 9.72. The van der Waals surface area contributed by atoms with Crippen LogP contribution in [-0.2, 0) is 11.3 Å². The molecule has 4 nitrogen and oxygen atoms in total. The van der Waals surface area contributed by atoms with Crippen LogP contribution in [0.25, 0.3) is 0 Å². The largest absolute Gasteiger partial charge is 0.303 e. The zero-order valence-corrected chi connectivity index (χ0v) is 14.4. The molecule has 1 fully saturated rings. The molecule has 1 unspecified atom stereocenters. The summed E-state index contributed by atoms with van der Waals surface area (Å²) >= 11 is 0. The van der Waals surface area contributed by atoms with E-state index < -0.39 is 0 Å². The minimum Gasteiger partial charge on any atom is -0.303 e. The monoisotopic (exact) mass is 305 g/mol. The summed E-state index contributed by atoms with van der Waals surface area (Å²) < 4.78 is 2.12. The van der Waals surface area contributed by atoms with Crippen LogP contribution in [0.15, 0.2) is 12.4 Å². The van der Waals surface area contributed by atoms with Crippen molar-refractivity contribution in [2.24, 2.45) is 5.92 Å². The third-order valence-corrected chi connectivity index (χ3v) is 4.62. The molecule has 0 aromatic carbocycles. The molecule has 1 aromatic heterocycles. The predicted molar refractivity (Wildman–Crippen MR) is 90.0 cm³/mol. The average Bonchev–Trinajstić information content (AvgIpc) is 2.93. The first-order chi connectivity index (χ1) is 10.5. The molecule has 1 saturated heterocycles. The Bertz CT molecular complexity index is 467. The molecule has 1 aromatic rings. The highest BCUT2D eigenvalue weighted by atomic mass is 16.1. The summed E-state index contributed by atoms with van der Waals surface area (Å²) in [5, 5.41) is 4.51. The number of Topliss-reactive ketones (excluding diaryl/α,β-unsaturated/α-hetero) is 1. The van der Waals surface area contributed by atoms with Crippen LogP contribution in [0.1, 0.15) is 64.4 Å². The number of aromatic nitrogens is 2. The summed E-state index contributed by atoms with van der Waals surface area (Å²) in [6, 6.07) is 0. The Kier molecular flexibility index (Phi) is 6.62. The lowest BCUT2D eigenvalue weighted by atomic mass is 9.97. The van der Waals surface area contributed by atoms with E-state index in [1.54, 1.807) is 6.92 Å². The van der Waals surface area contributed by atoms with Crippen molar-refractivity contribution in [1.29, 1.82) is 0 Å². The summed E-state index contributed by atoms with van der Waals surface area (Å²) in [7, 11) is 0. The first kappa shape index (κ1) is 17.2. The van der Waals surface area contributed by atoms with Gasteiger partial charge in [0.15, 0.2) is 0 Å². The number of piperidine rings is 1. The number of hydrogen-bond donors (Lipinski definition) is 0. The lowest BCUT2D eigenvalue weighted by Crippen LogP contribution is -2.37. The zero-order chi connectivity index (χ0) is 15.9. The molecule has 124 valence electrons. The molecule has 0 amide bonds. The molecule has 1 atom stereocenters. The normalized spacial score (nSPS) is 19.7.